The molecule has 28 heavy (non-hydrogen) atoms. The number of aryl methyl sites for hydroxylation is 1. The molecule has 2 aromatic rings. The zero-order chi connectivity index (χ0) is 20.7. The third-order valence-electron chi connectivity index (χ3n) is 3.93. The van der Waals surface area contributed by atoms with Crippen molar-refractivity contribution in [2.75, 3.05) is 26.8 Å². The van der Waals surface area contributed by atoms with Crippen LogP contribution in [-0.2, 0) is 14.8 Å². The summed E-state index contributed by atoms with van der Waals surface area (Å²) in [4.78, 5) is 11.4. The Bertz CT molecular complexity index is 914. The van der Waals surface area contributed by atoms with Gasteiger partial charge in [0.2, 0.25) is 10.0 Å². The Morgan fingerprint density at radius 1 is 1.14 bits per heavy atom. The zero-order valence-electron chi connectivity index (χ0n) is 15.5. The first-order valence-electron chi connectivity index (χ1n) is 8.27. The van der Waals surface area contributed by atoms with E-state index < -0.39 is 22.5 Å². The highest BCUT2D eigenvalue weighted by Crippen LogP contribution is 2.23. The molecule has 0 fully saturated rings. The highest BCUT2D eigenvalue weighted by atomic mass is 32.2. The van der Waals surface area contributed by atoms with Crippen LogP contribution in [0.25, 0.3) is 0 Å². The fourth-order valence-corrected chi connectivity index (χ4v) is 3.72. The van der Waals surface area contributed by atoms with Crippen molar-refractivity contribution in [1.82, 2.24) is 9.79 Å². The minimum absolute atomic E-state index is 0.0396. The van der Waals surface area contributed by atoms with E-state index in [2.05, 4.69) is 0 Å². The lowest BCUT2D eigenvalue weighted by Gasteiger charge is -2.21. The maximum Gasteiger partial charge on any atom is 0.258 e. The molecule has 0 aromatic heterocycles. The van der Waals surface area contributed by atoms with E-state index in [1.54, 1.807) is 31.2 Å². The van der Waals surface area contributed by atoms with Crippen LogP contribution in [-0.4, -0.2) is 55.8 Å². The molecule has 9 nitrogen and oxygen atoms in total. The molecule has 0 aliphatic carbocycles. The first kappa shape index (κ1) is 21.5. The summed E-state index contributed by atoms with van der Waals surface area (Å²) >= 11 is 0. The van der Waals surface area contributed by atoms with Gasteiger partial charge in [0.15, 0.2) is 0 Å². The number of nitrogens with one attached hydrogen (secondary N) is 1. The van der Waals surface area contributed by atoms with E-state index >= 15 is 0 Å². The van der Waals surface area contributed by atoms with Gasteiger partial charge in [-0.15, -0.1) is 0 Å². The lowest BCUT2D eigenvalue weighted by atomic mass is 10.2. The molecule has 10 heteroatoms. The number of methoxy groups -OCH3 is 1. The number of carbonyl (C=O) groups is 1. The summed E-state index contributed by atoms with van der Waals surface area (Å²) in [7, 11) is -2.57. The molecule has 0 radical (unpaired) electrons. The summed E-state index contributed by atoms with van der Waals surface area (Å²) in [6.45, 7) is 0.823. The number of hydrogen-bond acceptors (Lipinski definition) is 7. The quantitative estimate of drug-likeness (QED) is 0.420. The summed E-state index contributed by atoms with van der Waals surface area (Å²) < 4.78 is 37.1. The average molecular weight is 410 g/mol. The van der Waals surface area contributed by atoms with Gasteiger partial charge in [-0.25, -0.2) is 13.9 Å². The van der Waals surface area contributed by atoms with E-state index in [0.717, 1.165) is 10.4 Å². The number of sulfonamides is 1. The van der Waals surface area contributed by atoms with Crippen molar-refractivity contribution in [2.45, 2.75) is 11.8 Å². The standard InChI is InChI=1S/C18H22N2O7S/c1-13-3-8-16(11-17(13)21)28(24,25)20(12-18(22)19-23)9-10-27-15-6-4-14(26-2)5-7-15/h3-8,11,21,23H,9-10,12H2,1-2H3,(H,19,22). The predicted octanol–water partition coefficient (Wildman–Crippen LogP) is 1.28. The molecule has 1 amide bonds. The minimum atomic E-state index is -4.11. The summed E-state index contributed by atoms with van der Waals surface area (Å²) in [5.41, 5.74) is 1.93. The highest BCUT2D eigenvalue weighted by Gasteiger charge is 2.27. The Hall–Kier alpha value is -2.82. The van der Waals surface area contributed by atoms with Crippen LogP contribution in [0.5, 0.6) is 17.2 Å². The topological polar surface area (TPSA) is 125 Å². The number of ether oxygens (including phenoxy) is 2. The largest absolute Gasteiger partial charge is 0.508 e. The molecule has 0 saturated carbocycles. The van der Waals surface area contributed by atoms with Crippen LogP contribution in [0, 0.1) is 6.92 Å². The second-order valence-electron chi connectivity index (χ2n) is 5.85. The number of hydrogen-bond donors (Lipinski definition) is 3. The number of phenolic OH excluding ortho intramolecular Hbond substituents is 1. The number of benzene rings is 2. The van der Waals surface area contributed by atoms with E-state index in [9.17, 15) is 18.3 Å². The van der Waals surface area contributed by atoms with Gasteiger partial charge in [0, 0.05) is 12.6 Å². The van der Waals surface area contributed by atoms with Crippen molar-refractivity contribution < 1.29 is 33.0 Å². The van der Waals surface area contributed by atoms with Crippen molar-refractivity contribution in [3.63, 3.8) is 0 Å². The lowest BCUT2D eigenvalue weighted by Crippen LogP contribution is -2.41. The van der Waals surface area contributed by atoms with E-state index in [1.807, 2.05) is 0 Å². The Kier molecular flexibility index (Phi) is 7.21. The SMILES string of the molecule is COc1ccc(OCCN(CC(=O)NO)S(=O)(=O)c2ccc(C)c(O)c2)cc1. The van der Waals surface area contributed by atoms with Crippen molar-refractivity contribution in [1.29, 1.82) is 0 Å². The molecular formula is C18H22N2O7S. The van der Waals surface area contributed by atoms with Crippen LogP contribution in [0.15, 0.2) is 47.4 Å². The number of aromatic hydroxyl groups is 1. The molecule has 3 N–H and O–H groups in total. The number of amides is 1. The van der Waals surface area contributed by atoms with E-state index in [1.165, 1.54) is 24.7 Å². The molecule has 0 heterocycles. The molecule has 0 saturated heterocycles. The third-order valence-corrected chi connectivity index (χ3v) is 5.77. The molecule has 0 aliphatic heterocycles. The fraction of sp³-hybridized carbons (Fsp3) is 0.278. The zero-order valence-corrected chi connectivity index (χ0v) is 16.3. The molecule has 0 unspecified atom stereocenters. The van der Waals surface area contributed by atoms with Crippen molar-refractivity contribution in [3.8, 4) is 17.2 Å². The molecule has 0 atom stereocenters. The van der Waals surface area contributed by atoms with Crippen molar-refractivity contribution in [3.05, 3.63) is 48.0 Å². The Morgan fingerprint density at radius 2 is 1.79 bits per heavy atom. The molecule has 2 aromatic carbocycles. The number of hydroxylamine groups is 1. The van der Waals surface area contributed by atoms with Gasteiger partial charge in [0.1, 0.15) is 23.9 Å². The summed E-state index contributed by atoms with van der Waals surface area (Å²) in [5.74, 6) is 0.0690. The van der Waals surface area contributed by atoms with Crippen LogP contribution in [0.2, 0.25) is 0 Å². The van der Waals surface area contributed by atoms with E-state index in [4.69, 9.17) is 14.7 Å². The van der Waals surface area contributed by atoms with Gasteiger partial charge in [0.05, 0.1) is 18.6 Å². The number of carbonyl (C=O) groups excluding carboxylic acids is 1. The van der Waals surface area contributed by atoms with Crippen molar-refractivity contribution in [2.24, 2.45) is 0 Å². The normalized spacial score (nSPS) is 11.3. The first-order valence-corrected chi connectivity index (χ1v) is 9.71. The molecule has 0 bridgehead atoms. The van der Waals surface area contributed by atoms with E-state index in [0.29, 0.717) is 17.1 Å². The van der Waals surface area contributed by atoms with Gasteiger partial charge >= 0.3 is 0 Å². The Labute approximate surface area is 163 Å². The van der Waals surface area contributed by atoms with Crippen LogP contribution in [0.1, 0.15) is 5.56 Å². The maximum atomic E-state index is 12.9. The Morgan fingerprint density at radius 3 is 2.36 bits per heavy atom. The second kappa shape index (κ2) is 9.40. The van der Waals surface area contributed by atoms with Crippen LogP contribution >= 0.6 is 0 Å². The van der Waals surface area contributed by atoms with E-state index in [-0.39, 0.29) is 23.8 Å². The predicted molar refractivity (Wildman–Crippen MR) is 100 cm³/mol. The highest BCUT2D eigenvalue weighted by molar-refractivity contribution is 7.89. The summed E-state index contributed by atoms with van der Waals surface area (Å²) in [6.07, 6.45) is 0. The molecule has 152 valence electrons. The van der Waals surface area contributed by atoms with Gasteiger partial charge in [-0.2, -0.15) is 4.31 Å². The molecular weight excluding hydrogens is 388 g/mol. The van der Waals surface area contributed by atoms with Gasteiger partial charge in [-0.3, -0.25) is 10.0 Å². The van der Waals surface area contributed by atoms with Crippen LogP contribution in [0.4, 0.5) is 0 Å². The third kappa shape index (κ3) is 5.35. The second-order valence-corrected chi connectivity index (χ2v) is 7.78. The first-order chi connectivity index (χ1) is 13.3. The molecule has 0 aliphatic rings. The van der Waals surface area contributed by atoms with Crippen LogP contribution < -0.4 is 15.0 Å². The number of rotatable bonds is 9. The summed E-state index contributed by atoms with van der Waals surface area (Å²) in [5, 5.41) is 18.6. The van der Waals surface area contributed by atoms with Crippen molar-refractivity contribution >= 4 is 15.9 Å². The smallest absolute Gasteiger partial charge is 0.258 e. The average Bonchev–Trinajstić information content (AvgIpc) is 2.69. The number of nitrogens with zero attached hydrogens (tertiary/aromatic N) is 1. The minimum Gasteiger partial charge on any atom is -0.508 e. The van der Waals surface area contributed by atoms with Gasteiger partial charge in [-0.05, 0) is 42.8 Å². The van der Waals surface area contributed by atoms with Crippen LogP contribution in [0.3, 0.4) is 0 Å². The maximum absolute atomic E-state index is 12.9. The molecule has 2 rings (SSSR count). The Balaban J connectivity index is 2.15. The number of phenols is 1. The fourth-order valence-electron chi connectivity index (χ4n) is 2.32. The monoisotopic (exact) mass is 410 g/mol. The van der Waals surface area contributed by atoms with Gasteiger partial charge in [-0.1, -0.05) is 6.07 Å². The summed E-state index contributed by atoms with van der Waals surface area (Å²) in [6, 6.07) is 10.6. The van der Waals surface area contributed by atoms with Gasteiger partial charge < -0.3 is 14.6 Å². The molecule has 0 spiro atoms. The van der Waals surface area contributed by atoms with Gasteiger partial charge in [0.25, 0.3) is 5.91 Å². The lowest BCUT2D eigenvalue weighted by molar-refractivity contribution is -0.129.